The number of hydrogen-bond acceptors (Lipinski definition) is 6. The molecule has 5 unspecified atom stereocenters. The lowest BCUT2D eigenvalue weighted by Gasteiger charge is -2.38. The van der Waals surface area contributed by atoms with Crippen LogP contribution in [0.1, 0.15) is 53.9 Å². The molecule has 2 saturated carbocycles. The third kappa shape index (κ3) is 6.28. The molecule has 6 amide bonds. The van der Waals surface area contributed by atoms with Crippen LogP contribution in [-0.4, -0.2) is 82.5 Å². The Morgan fingerprint density at radius 2 is 1.79 bits per heavy atom. The van der Waals surface area contributed by atoms with Gasteiger partial charge in [-0.05, 0) is 62.9 Å². The maximum Gasteiger partial charge on any atom is 0.315 e. The molecule has 0 radical (unpaired) electrons. The van der Waals surface area contributed by atoms with Gasteiger partial charge in [0.15, 0.2) is 6.10 Å². The minimum Gasteiger partial charge on any atom is -0.381 e. The summed E-state index contributed by atoms with van der Waals surface area (Å²) in [6.07, 6.45) is 1.94. The van der Waals surface area contributed by atoms with Gasteiger partial charge < -0.3 is 37.0 Å². The highest BCUT2D eigenvalue weighted by Crippen LogP contribution is 2.64. The molecule has 3 fully saturated rings. The van der Waals surface area contributed by atoms with Crippen LogP contribution in [0.25, 0.3) is 0 Å². The van der Waals surface area contributed by atoms with E-state index in [0.29, 0.717) is 6.54 Å². The van der Waals surface area contributed by atoms with Crippen molar-refractivity contribution in [2.45, 2.75) is 83.6 Å². The molecule has 1 saturated heterocycles. The Labute approximate surface area is 223 Å². The molecule has 0 bridgehead atoms. The minimum absolute atomic E-state index is 0.0669. The summed E-state index contributed by atoms with van der Waals surface area (Å²) in [5.41, 5.74) is 4.59. The van der Waals surface area contributed by atoms with Gasteiger partial charge in [-0.1, -0.05) is 26.8 Å². The van der Waals surface area contributed by atoms with Crippen molar-refractivity contribution in [2.24, 2.45) is 28.9 Å². The van der Waals surface area contributed by atoms with Crippen LogP contribution >= 0.6 is 0 Å². The number of piperidine rings is 1. The summed E-state index contributed by atoms with van der Waals surface area (Å²) in [5.74, 6) is -2.57. The normalized spacial score (nSPS) is 26.1. The zero-order valence-corrected chi connectivity index (χ0v) is 22.9. The van der Waals surface area contributed by atoms with Gasteiger partial charge in [0, 0.05) is 18.6 Å². The van der Waals surface area contributed by atoms with E-state index in [1.807, 2.05) is 13.8 Å². The van der Waals surface area contributed by atoms with E-state index in [-0.39, 0.29) is 29.7 Å². The van der Waals surface area contributed by atoms with Crippen molar-refractivity contribution in [3.05, 3.63) is 12.7 Å². The molecular formula is C26H42N6O6. The van der Waals surface area contributed by atoms with E-state index in [9.17, 15) is 29.1 Å². The minimum atomic E-state index is -1.54. The molecular weight excluding hydrogens is 492 g/mol. The molecule has 7 N–H and O–H groups in total. The first-order valence-corrected chi connectivity index (χ1v) is 13.2. The molecule has 0 spiro atoms. The number of amides is 6. The smallest absolute Gasteiger partial charge is 0.315 e. The number of nitrogens with two attached hydrogens (primary N) is 1. The number of carbonyl (C=O) groups excluding carboxylic acids is 5. The van der Waals surface area contributed by atoms with Crippen molar-refractivity contribution in [3.63, 3.8) is 0 Å². The molecule has 38 heavy (non-hydrogen) atoms. The highest BCUT2D eigenvalue weighted by Gasteiger charge is 2.69. The summed E-state index contributed by atoms with van der Waals surface area (Å²) in [7, 11) is 0. The van der Waals surface area contributed by atoms with Gasteiger partial charge in [-0.2, -0.15) is 0 Å². The van der Waals surface area contributed by atoms with Crippen LogP contribution in [0.15, 0.2) is 12.7 Å². The molecule has 0 aromatic carbocycles. The fourth-order valence-electron chi connectivity index (χ4n) is 5.70. The quantitative estimate of drug-likeness (QED) is 0.203. The van der Waals surface area contributed by atoms with Crippen molar-refractivity contribution in [2.75, 3.05) is 13.1 Å². The van der Waals surface area contributed by atoms with Crippen LogP contribution in [0.4, 0.5) is 4.79 Å². The Morgan fingerprint density at radius 3 is 2.29 bits per heavy atom. The van der Waals surface area contributed by atoms with Gasteiger partial charge in [-0.25, -0.2) is 4.79 Å². The molecule has 0 aromatic heterocycles. The lowest BCUT2D eigenvalue weighted by molar-refractivity contribution is -0.143. The summed E-state index contributed by atoms with van der Waals surface area (Å²) >= 11 is 0. The van der Waals surface area contributed by atoms with Crippen molar-refractivity contribution >= 4 is 29.7 Å². The number of aliphatic hydroxyl groups is 1. The second-order valence-electron chi connectivity index (χ2n) is 12.3. The summed E-state index contributed by atoms with van der Waals surface area (Å²) in [5, 5.41) is 21.1. The molecule has 0 aromatic rings. The molecule has 212 valence electrons. The van der Waals surface area contributed by atoms with Crippen LogP contribution in [0.5, 0.6) is 0 Å². The number of fused-ring (bicyclic) bond motifs is 1. The molecule has 2 aliphatic carbocycles. The predicted molar refractivity (Wildman–Crippen MR) is 139 cm³/mol. The molecule has 3 rings (SSSR count). The average molecular weight is 535 g/mol. The third-order valence-corrected chi connectivity index (χ3v) is 8.12. The van der Waals surface area contributed by atoms with Gasteiger partial charge >= 0.3 is 6.03 Å². The molecule has 1 heterocycles. The maximum absolute atomic E-state index is 13.8. The topological polar surface area (TPSA) is 183 Å². The van der Waals surface area contributed by atoms with Crippen LogP contribution in [-0.2, 0) is 19.2 Å². The van der Waals surface area contributed by atoms with Gasteiger partial charge in [-0.15, -0.1) is 0 Å². The number of aliphatic hydroxyl groups excluding tert-OH is 1. The highest BCUT2D eigenvalue weighted by molar-refractivity contribution is 5.95. The zero-order valence-electron chi connectivity index (χ0n) is 22.9. The monoisotopic (exact) mass is 534 g/mol. The Hall–Kier alpha value is -3.15. The molecule has 12 heteroatoms. The summed E-state index contributed by atoms with van der Waals surface area (Å²) in [6, 6.07) is -3.44. The molecule has 1 aliphatic heterocycles. The van der Waals surface area contributed by atoms with Crippen LogP contribution in [0, 0.1) is 23.2 Å². The van der Waals surface area contributed by atoms with Crippen LogP contribution < -0.4 is 27.0 Å². The van der Waals surface area contributed by atoms with Crippen molar-refractivity contribution in [3.8, 4) is 0 Å². The number of hydrogen-bond donors (Lipinski definition) is 6. The van der Waals surface area contributed by atoms with E-state index >= 15 is 0 Å². The van der Waals surface area contributed by atoms with Gasteiger partial charge in [0.2, 0.25) is 23.6 Å². The van der Waals surface area contributed by atoms with E-state index in [2.05, 4.69) is 27.8 Å². The summed E-state index contributed by atoms with van der Waals surface area (Å²) < 4.78 is 0. The lowest BCUT2D eigenvalue weighted by atomic mass is 9.77. The van der Waals surface area contributed by atoms with Gasteiger partial charge in [0.25, 0.3) is 0 Å². The van der Waals surface area contributed by atoms with E-state index in [1.54, 1.807) is 20.8 Å². The van der Waals surface area contributed by atoms with Crippen LogP contribution in [0.3, 0.4) is 0 Å². The van der Waals surface area contributed by atoms with Crippen molar-refractivity contribution < 1.29 is 29.1 Å². The maximum atomic E-state index is 13.8. The Morgan fingerprint density at radius 1 is 1.16 bits per heavy atom. The number of carbonyl (C=O) groups is 5. The number of primary amides is 1. The van der Waals surface area contributed by atoms with E-state index in [4.69, 9.17) is 5.73 Å². The fourth-order valence-corrected chi connectivity index (χ4v) is 5.70. The number of nitrogens with one attached hydrogen (secondary N) is 4. The van der Waals surface area contributed by atoms with Crippen molar-refractivity contribution in [1.29, 1.82) is 0 Å². The average Bonchev–Trinajstić information content (AvgIpc) is 3.11. The number of nitrogens with zero attached hydrogens (tertiary/aromatic N) is 1. The molecule has 6 atom stereocenters. The number of rotatable bonds is 10. The lowest BCUT2D eigenvalue weighted by Crippen LogP contribution is -2.62. The van der Waals surface area contributed by atoms with E-state index in [0.717, 1.165) is 25.3 Å². The number of likely N-dealkylation sites (tertiary alicyclic amines) is 1. The highest BCUT2D eigenvalue weighted by atomic mass is 16.3. The zero-order chi connectivity index (χ0) is 28.6. The number of urea groups is 1. The second kappa shape index (κ2) is 10.9. The Bertz CT molecular complexity index is 987. The Balaban J connectivity index is 1.83. The van der Waals surface area contributed by atoms with Gasteiger partial charge in [-0.3, -0.25) is 19.2 Å². The first-order chi connectivity index (χ1) is 17.6. The summed E-state index contributed by atoms with van der Waals surface area (Å²) in [6.45, 7) is 12.9. The van der Waals surface area contributed by atoms with Crippen LogP contribution in [0.2, 0.25) is 0 Å². The largest absolute Gasteiger partial charge is 0.381 e. The standard InChI is InChI=1S/C26H42N6O6/c1-7-16(33)28-11-15(29-24(38)31-25(2,3)4)23(37)32-12-14-17(26(14,5)6)19(32)22(36)30-18(13-9-8-10-13)20(34)21(27)35/h7,13-15,17-20,34H,1,8-12H2,2-6H3,(H2,27,35)(H,28,33)(H,30,36)(H2,29,31,38)/t14?,15-,17?,18?,19?,20?/m0/s1. The first kappa shape index (κ1) is 29.4. The Kier molecular flexibility index (Phi) is 8.45. The molecule has 3 aliphatic rings. The summed E-state index contributed by atoms with van der Waals surface area (Å²) in [4.78, 5) is 65.1. The van der Waals surface area contributed by atoms with Gasteiger partial charge in [0.05, 0.1) is 6.04 Å². The van der Waals surface area contributed by atoms with Gasteiger partial charge in [0.1, 0.15) is 12.1 Å². The van der Waals surface area contributed by atoms with E-state index in [1.165, 1.54) is 4.90 Å². The SMILES string of the molecule is C=CC(=O)NC[C@H](NC(=O)NC(C)(C)C)C(=O)N1CC2C(C1C(=O)NC(C1CCC1)C(O)C(N)=O)C2(C)C. The second-order valence-corrected chi connectivity index (χ2v) is 12.3. The first-order valence-electron chi connectivity index (χ1n) is 13.2. The third-order valence-electron chi connectivity index (χ3n) is 8.12. The molecule has 12 nitrogen and oxygen atoms in total. The predicted octanol–water partition coefficient (Wildman–Crippen LogP) is -0.631. The fraction of sp³-hybridized carbons (Fsp3) is 0.731. The van der Waals surface area contributed by atoms with Crippen molar-refractivity contribution in [1.82, 2.24) is 26.2 Å². The van der Waals surface area contributed by atoms with E-state index < -0.39 is 59.4 Å².